The Balaban J connectivity index is 3.20. The number of nitrogens with zero attached hydrogens (tertiary/aromatic N) is 1. The van der Waals surface area contributed by atoms with Crippen LogP contribution in [0, 0.1) is 5.41 Å². The van der Waals surface area contributed by atoms with Crippen LogP contribution in [0.15, 0.2) is 0 Å². The third-order valence-corrected chi connectivity index (χ3v) is 3.48. The van der Waals surface area contributed by atoms with Gasteiger partial charge in [-0.15, -0.1) is 11.3 Å². The monoisotopic (exact) mass is 211 g/mol. The Kier molecular flexibility index (Phi) is 2.95. The molecule has 0 saturated heterocycles. The van der Waals surface area contributed by atoms with Crippen molar-refractivity contribution >= 4 is 17.2 Å². The first-order valence-corrected chi connectivity index (χ1v) is 5.52. The summed E-state index contributed by atoms with van der Waals surface area (Å²) in [7, 11) is 0. The van der Waals surface area contributed by atoms with E-state index in [-0.39, 0.29) is 11.3 Å². The van der Waals surface area contributed by atoms with Gasteiger partial charge in [-0.25, -0.2) is 4.98 Å². The number of nitrogens with two attached hydrogens (primary N) is 1. The maximum Gasteiger partial charge on any atom is 0.135 e. The molecule has 1 aromatic rings. The van der Waals surface area contributed by atoms with Crippen LogP contribution >= 0.6 is 11.3 Å². The van der Waals surface area contributed by atoms with Gasteiger partial charge in [0.2, 0.25) is 0 Å². The van der Waals surface area contributed by atoms with Crippen LogP contribution in [-0.4, -0.2) is 10.8 Å². The first-order chi connectivity index (χ1) is 6.36. The number of hydrogen-bond donors (Lipinski definition) is 2. The molecular weight excluding hydrogens is 194 g/mol. The summed E-state index contributed by atoms with van der Waals surface area (Å²) in [5.74, 6) is 0.134. The minimum atomic E-state index is 0.0439. The summed E-state index contributed by atoms with van der Waals surface area (Å²) in [6.45, 7) is 8.40. The maximum atomic E-state index is 7.45. The molecule has 0 unspecified atom stereocenters. The Morgan fingerprint density at radius 1 is 1.50 bits per heavy atom. The van der Waals surface area contributed by atoms with E-state index in [0.29, 0.717) is 0 Å². The van der Waals surface area contributed by atoms with Crippen LogP contribution in [0.4, 0.5) is 0 Å². The second kappa shape index (κ2) is 3.69. The van der Waals surface area contributed by atoms with Crippen molar-refractivity contribution in [3.63, 3.8) is 0 Å². The van der Waals surface area contributed by atoms with Gasteiger partial charge in [0.1, 0.15) is 5.84 Å². The molecule has 0 aliphatic rings. The van der Waals surface area contributed by atoms with Crippen molar-refractivity contribution in [3.05, 3.63) is 15.6 Å². The number of nitrogens with one attached hydrogen (secondary N) is 1. The largest absolute Gasteiger partial charge is 0.383 e. The van der Waals surface area contributed by atoms with Crippen LogP contribution in [0.25, 0.3) is 0 Å². The van der Waals surface area contributed by atoms with Gasteiger partial charge in [-0.3, -0.25) is 5.41 Å². The van der Waals surface area contributed by atoms with E-state index in [9.17, 15) is 0 Å². The second-order valence-corrected chi connectivity index (χ2v) is 5.31. The fourth-order valence-electron chi connectivity index (χ4n) is 1.12. The number of rotatable bonds is 2. The summed E-state index contributed by atoms with van der Waals surface area (Å²) in [4.78, 5) is 5.35. The molecule has 1 rings (SSSR count). The average Bonchev–Trinajstić information content (AvgIpc) is 2.45. The number of thiazole rings is 1. The smallest absolute Gasteiger partial charge is 0.135 e. The van der Waals surface area contributed by atoms with Gasteiger partial charge in [-0.2, -0.15) is 0 Å². The number of aryl methyl sites for hydroxylation is 1. The topological polar surface area (TPSA) is 62.8 Å². The molecule has 0 aliphatic heterocycles. The third kappa shape index (κ3) is 2.12. The highest BCUT2D eigenvalue weighted by atomic mass is 32.1. The van der Waals surface area contributed by atoms with E-state index in [1.54, 1.807) is 0 Å². The summed E-state index contributed by atoms with van der Waals surface area (Å²) < 4.78 is 0. The molecule has 0 atom stereocenters. The first kappa shape index (κ1) is 11.2. The minimum absolute atomic E-state index is 0.0439. The molecule has 0 amide bonds. The van der Waals surface area contributed by atoms with Crippen LogP contribution in [0.1, 0.15) is 43.3 Å². The van der Waals surface area contributed by atoms with Crippen LogP contribution in [0.2, 0.25) is 0 Å². The lowest BCUT2D eigenvalue weighted by Gasteiger charge is -2.13. The summed E-state index contributed by atoms with van der Waals surface area (Å²) in [6, 6.07) is 0. The van der Waals surface area contributed by atoms with Crippen molar-refractivity contribution in [2.24, 2.45) is 5.73 Å². The quantitative estimate of drug-likeness (QED) is 0.582. The summed E-state index contributed by atoms with van der Waals surface area (Å²) in [6.07, 6.45) is 0.835. The van der Waals surface area contributed by atoms with Gasteiger partial charge in [0.25, 0.3) is 0 Å². The predicted octanol–water partition coefficient (Wildman–Crippen LogP) is 2.29. The molecule has 0 radical (unpaired) electrons. The molecule has 4 heteroatoms. The van der Waals surface area contributed by atoms with Gasteiger partial charge >= 0.3 is 0 Å². The molecule has 14 heavy (non-hydrogen) atoms. The standard InChI is InChI=1S/C10H17N3S/c1-5-6-7(8(11)12)14-9(13-6)10(2,3)4/h5H2,1-4H3,(H3,11,12). The fraction of sp³-hybridized carbons (Fsp3) is 0.600. The molecule has 0 aliphatic carbocycles. The molecule has 1 aromatic heterocycles. The highest BCUT2D eigenvalue weighted by molar-refractivity contribution is 7.14. The molecule has 0 spiro atoms. The number of hydrogen-bond acceptors (Lipinski definition) is 3. The number of aromatic nitrogens is 1. The normalized spacial score (nSPS) is 11.7. The summed E-state index contributed by atoms with van der Waals surface area (Å²) in [5.41, 5.74) is 6.50. The third-order valence-electron chi connectivity index (χ3n) is 1.92. The summed E-state index contributed by atoms with van der Waals surface area (Å²) in [5, 5.41) is 8.50. The maximum absolute atomic E-state index is 7.45. The van der Waals surface area contributed by atoms with E-state index in [1.807, 2.05) is 6.92 Å². The van der Waals surface area contributed by atoms with Crippen molar-refractivity contribution < 1.29 is 0 Å². The minimum Gasteiger partial charge on any atom is -0.383 e. The average molecular weight is 211 g/mol. The van der Waals surface area contributed by atoms with Crippen molar-refractivity contribution in [1.82, 2.24) is 4.98 Å². The molecule has 0 bridgehead atoms. The van der Waals surface area contributed by atoms with Crippen molar-refractivity contribution in [2.45, 2.75) is 39.5 Å². The first-order valence-electron chi connectivity index (χ1n) is 4.70. The lowest BCUT2D eigenvalue weighted by Crippen LogP contribution is -2.11. The lowest BCUT2D eigenvalue weighted by atomic mass is 9.98. The van der Waals surface area contributed by atoms with Crippen molar-refractivity contribution in [1.29, 1.82) is 5.41 Å². The molecular formula is C10H17N3S. The zero-order valence-corrected chi connectivity index (χ0v) is 9.96. The van der Waals surface area contributed by atoms with Gasteiger partial charge in [0.15, 0.2) is 0 Å². The lowest BCUT2D eigenvalue weighted by molar-refractivity contribution is 0.583. The Hall–Kier alpha value is -0.900. The molecule has 0 fully saturated rings. The molecule has 3 N–H and O–H groups in total. The van der Waals surface area contributed by atoms with E-state index in [1.165, 1.54) is 11.3 Å². The van der Waals surface area contributed by atoms with Crippen molar-refractivity contribution in [3.8, 4) is 0 Å². The highest BCUT2D eigenvalue weighted by Gasteiger charge is 2.21. The van der Waals surface area contributed by atoms with Gasteiger partial charge in [0.05, 0.1) is 15.6 Å². The Bertz CT molecular complexity index is 347. The molecule has 1 heterocycles. The molecule has 3 nitrogen and oxygen atoms in total. The van der Waals surface area contributed by atoms with Gasteiger partial charge in [-0.1, -0.05) is 27.7 Å². The fourth-order valence-corrected chi connectivity index (χ4v) is 2.20. The van der Waals surface area contributed by atoms with E-state index in [2.05, 4.69) is 25.8 Å². The zero-order valence-electron chi connectivity index (χ0n) is 9.14. The number of nitrogen functional groups attached to an aromatic ring is 1. The van der Waals surface area contributed by atoms with Gasteiger partial charge in [-0.05, 0) is 6.42 Å². The molecule has 78 valence electrons. The van der Waals surface area contributed by atoms with Gasteiger partial charge in [0, 0.05) is 5.41 Å². The highest BCUT2D eigenvalue weighted by Crippen LogP contribution is 2.29. The predicted molar refractivity (Wildman–Crippen MR) is 61.2 cm³/mol. The number of amidine groups is 1. The summed E-state index contributed by atoms with van der Waals surface area (Å²) >= 11 is 1.54. The molecule has 0 aromatic carbocycles. The second-order valence-electron chi connectivity index (χ2n) is 4.31. The van der Waals surface area contributed by atoms with E-state index in [0.717, 1.165) is 22.0 Å². The van der Waals surface area contributed by atoms with Crippen LogP contribution < -0.4 is 5.73 Å². The SMILES string of the molecule is CCc1nc(C(C)(C)C)sc1C(=N)N. The van der Waals surface area contributed by atoms with E-state index in [4.69, 9.17) is 11.1 Å². The van der Waals surface area contributed by atoms with Crippen LogP contribution in [-0.2, 0) is 11.8 Å². The Morgan fingerprint density at radius 2 is 2.07 bits per heavy atom. The Labute approximate surface area is 88.9 Å². The van der Waals surface area contributed by atoms with Crippen LogP contribution in [0.5, 0.6) is 0 Å². The van der Waals surface area contributed by atoms with Crippen LogP contribution in [0.3, 0.4) is 0 Å². The van der Waals surface area contributed by atoms with Crippen molar-refractivity contribution in [2.75, 3.05) is 0 Å². The van der Waals surface area contributed by atoms with Gasteiger partial charge < -0.3 is 5.73 Å². The molecule has 0 saturated carbocycles. The zero-order chi connectivity index (χ0) is 10.9. The Morgan fingerprint density at radius 3 is 2.36 bits per heavy atom. The van der Waals surface area contributed by atoms with E-state index >= 15 is 0 Å². The van der Waals surface area contributed by atoms with E-state index < -0.39 is 0 Å².